The molecule has 0 aromatic rings. The summed E-state index contributed by atoms with van der Waals surface area (Å²) in [7, 11) is 0. The number of amides is 1. The highest BCUT2D eigenvalue weighted by molar-refractivity contribution is 5.89. The minimum absolute atomic E-state index is 0. The number of halogens is 1. The predicted octanol–water partition coefficient (Wildman–Crippen LogP) is 2.59. The summed E-state index contributed by atoms with van der Waals surface area (Å²) in [6.45, 7) is 10.7. The third kappa shape index (κ3) is 3.08. The zero-order valence-corrected chi connectivity index (χ0v) is 14.7. The van der Waals surface area contributed by atoms with Gasteiger partial charge in [-0.2, -0.15) is 0 Å². The van der Waals surface area contributed by atoms with Crippen LogP contribution < -0.4 is 5.73 Å². The van der Waals surface area contributed by atoms with Crippen LogP contribution >= 0.6 is 12.4 Å². The van der Waals surface area contributed by atoms with Gasteiger partial charge in [-0.3, -0.25) is 4.79 Å². The van der Waals surface area contributed by atoms with Crippen LogP contribution in [-0.2, 0) is 9.53 Å². The number of piperidine rings is 1. The molecule has 21 heavy (non-hydrogen) atoms. The van der Waals surface area contributed by atoms with Crippen molar-refractivity contribution in [3.05, 3.63) is 0 Å². The number of carbonyl (C=O) groups excluding carboxylic acids is 1. The van der Waals surface area contributed by atoms with Crippen LogP contribution in [0.1, 0.15) is 53.4 Å². The van der Waals surface area contributed by atoms with Crippen molar-refractivity contribution in [3.63, 3.8) is 0 Å². The van der Waals surface area contributed by atoms with E-state index in [1.54, 1.807) is 0 Å². The molecule has 2 fully saturated rings. The van der Waals surface area contributed by atoms with Gasteiger partial charge in [0.25, 0.3) is 0 Å². The molecule has 1 amide bonds. The molecule has 2 rings (SSSR count). The zero-order valence-electron chi connectivity index (χ0n) is 13.9. The summed E-state index contributed by atoms with van der Waals surface area (Å²) < 4.78 is 5.72. The van der Waals surface area contributed by atoms with Gasteiger partial charge in [0, 0.05) is 31.5 Å². The number of hydrogen-bond acceptors (Lipinski definition) is 3. The van der Waals surface area contributed by atoms with Crippen molar-refractivity contribution in [2.75, 3.05) is 19.7 Å². The number of nitrogens with two attached hydrogens (primary N) is 1. The number of rotatable bonds is 4. The molecule has 0 radical (unpaired) electrons. The largest absolute Gasteiger partial charge is 0.378 e. The normalized spacial score (nSPS) is 34.8. The van der Waals surface area contributed by atoms with Gasteiger partial charge in [0.1, 0.15) is 5.54 Å². The Morgan fingerprint density at radius 1 is 1.38 bits per heavy atom. The van der Waals surface area contributed by atoms with Crippen molar-refractivity contribution < 1.29 is 9.53 Å². The molecule has 0 aromatic carbocycles. The maximum atomic E-state index is 12.9. The number of ether oxygens (including phenoxy) is 1. The standard InChI is InChI=1S/C16H30N2O2.ClH/c1-5-12-8-7-9-18(11-12)14(19)16(17)10-13(20-6-2)15(16,3)4;/h12-13H,5-11,17H2,1-4H3;1H. The summed E-state index contributed by atoms with van der Waals surface area (Å²) in [4.78, 5) is 14.9. The van der Waals surface area contributed by atoms with E-state index in [4.69, 9.17) is 10.5 Å². The topological polar surface area (TPSA) is 55.6 Å². The van der Waals surface area contributed by atoms with Crippen LogP contribution in [-0.4, -0.2) is 42.1 Å². The van der Waals surface area contributed by atoms with Gasteiger partial charge in [-0.1, -0.05) is 27.2 Å². The third-order valence-corrected chi connectivity index (χ3v) is 5.60. The third-order valence-electron chi connectivity index (χ3n) is 5.60. The number of hydrogen-bond donors (Lipinski definition) is 1. The molecule has 124 valence electrons. The molecule has 0 spiro atoms. The summed E-state index contributed by atoms with van der Waals surface area (Å²) in [5, 5.41) is 0. The molecule has 2 aliphatic rings. The van der Waals surface area contributed by atoms with E-state index in [1.165, 1.54) is 6.42 Å². The van der Waals surface area contributed by atoms with Gasteiger partial charge < -0.3 is 15.4 Å². The van der Waals surface area contributed by atoms with E-state index in [1.807, 2.05) is 11.8 Å². The number of carbonyl (C=O) groups is 1. The maximum absolute atomic E-state index is 12.9. The maximum Gasteiger partial charge on any atom is 0.243 e. The van der Waals surface area contributed by atoms with Gasteiger partial charge in [0.15, 0.2) is 0 Å². The lowest BCUT2D eigenvalue weighted by Gasteiger charge is -2.59. The Hall–Kier alpha value is -0.320. The Balaban J connectivity index is 0.00000220. The van der Waals surface area contributed by atoms with Crippen molar-refractivity contribution in [2.24, 2.45) is 17.1 Å². The van der Waals surface area contributed by atoms with Crippen molar-refractivity contribution in [1.82, 2.24) is 4.90 Å². The Kier molecular flexibility index (Phi) is 6.10. The highest BCUT2D eigenvalue weighted by Gasteiger charge is 2.63. The second kappa shape index (κ2) is 6.84. The minimum atomic E-state index is -0.748. The highest BCUT2D eigenvalue weighted by atomic mass is 35.5. The first kappa shape index (κ1) is 18.7. The van der Waals surface area contributed by atoms with Crippen LogP contribution in [0.25, 0.3) is 0 Å². The van der Waals surface area contributed by atoms with E-state index < -0.39 is 5.54 Å². The van der Waals surface area contributed by atoms with E-state index in [0.717, 1.165) is 25.9 Å². The highest BCUT2D eigenvalue weighted by Crippen LogP contribution is 2.50. The molecule has 3 atom stereocenters. The van der Waals surface area contributed by atoms with Crippen LogP contribution in [0.15, 0.2) is 0 Å². The van der Waals surface area contributed by atoms with Gasteiger partial charge in [0.2, 0.25) is 5.91 Å². The summed E-state index contributed by atoms with van der Waals surface area (Å²) in [5.41, 5.74) is 5.47. The first-order valence-electron chi connectivity index (χ1n) is 8.06. The van der Waals surface area contributed by atoms with E-state index in [9.17, 15) is 4.79 Å². The molecule has 0 aromatic heterocycles. The van der Waals surface area contributed by atoms with E-state index >= 15 is 0 Å². The van der Waals surface area contributed by atoms with Crippen LogP contribution in [0.2, 0.25) is 0 Å². The Morgan fingerprint density at radius 3 is 2.57 bits per heavy atom. The summed E-state index contributed by atoms with van der Waals surface area (Å²) in [5.74, 6) is 0.777. The van der Waals surface area contributed by atoms with Gasteiger partial charge in [-0.05, 0) is 25.7 Å². The van der Waals surface area contributed by atoms with E-state index in [0.29, 0.717) is 18.9 Å². The Labute approximate surface area is 135 Å². The molecule has 2 N–H and O–H groups in total. The quantitative estimate of drug-likeness (QED) is 0.867. The molecule has 1 aliphatic heterocycles. The van der Waals surface area contributed by atoms with Crippen molar-refractivity contribution in [2.45, 2.75) is 65.0 Å². The first-order valence-corrected chi connectivity index (χ1v) is 8.06. The fourth-order valence-electron chi connectivity index (χ4n) is 3.66. The lowest BCUT2D eigenvalue weighted by atomic mass is 9.54. The first-order chi connectivity index (χ1) is 9.36. The van der Waals surface area contributed by atoms with Crippen molar-refractivity contribution in [1.29, 1.82) is 0 Å². The van der Waals surface area contributed by atoms with Crippen molar-refractivity contribution >= 4 is 18.3 Å². The summed E-state index contributed by atoms with van der Waals surface area (Å²) >= 11 is 0. The second-order valence-electron chi connectivity index (χ2n) is 7.01. The van der Waals surface area contributed by atoms with Gasteiger partial charge in [0.05, 0.1) is 6.10 Å². The fraction of sp³-hybridized carbons (Fsp3) is 0.938. The monoisotopic (exact) mass is 318 g/mol. The molecule has 3 unspecified atom stereocenters. The zero-order chi connectivity index (χ0) is 15.0. The van der Waals surface area contributed by atoms with Gasteiger partial charge in [-0.15, -0.1) is 12.4 Å². The van der Waals surface area contributed by atoms with E-state index in [2.05, 4.69) is 20.8 Å². The molecule has 1 saturated carbocycles. The molecule has 1 aliphatic carbocycles. The molecule has 1 heterocycles. The summed E-state index contributed by atoms with van der Waals surface area (Å²) in [6, 6.07) is 0. The lowest BCUT2D eigenvalue weighted by molar-refractivity contribution is -0.180. The molecular weight excluding hydrogens is 288 g/mol. The predicted molar refractivity (Wildman–Crippen MR) is 87.6 cm³/mol. The minimum Gasteiger partial charge on any atom is -0.378 e. The lowest BCUT2D eigenvalue weighted by Crippen LogP contribution is -2.76. The molecule has 5 heteroatoms. The van der Waals surface area contributed by atoms with Crippen LogP contribution in [0.5, 0.6) is 0 Å². The molecular formula is C16H31ClN2O2. The average molecular weight is 319 g/mol. The smallest absolute Gasteiger partial charge is 0.243 e. The Morgan fingerprint density at radius 2 is 2.05 bits per heavy atom. The molecule has 0 bridgehead atoms. The second-order valence-corrected chi connectivity index (χ2v) is 7.01. The average Bonchev–Trinajstić information content (AvgIpc) is 2.46. The number of likely N-dealkylation sites (tertiary alicyclic amines) is 1. The van der Waals surface area contributed by atoms with Gasteiger partial charge >= 0.3 is 0 Å². The van der Waals surface area contributed by atoms with Gasteiger partial charge in [-0.25, -0.2) is 0 Å². The fourth-order valence-corrected chi connectivity index (χ4v) is 3.66. The Bertz CT molecular complexity index is 375. The summed E-state index contributed by atoms with van der Waals surface area (Å²) in [6.07, 6.45) is 4.25. The van der Waals surface area contributed by atoms with Crippen molar-refractivity contribution in [3.8, 4) is 0 Å². The van der Waals surface area contributed by atoms with Crippen LogP contribution in [0, 0.1) is 11.3 Å². The molecule has 4 nitrogen and oxygen atoms in total. The van der Waals surface area contributed by atoms with Crippen LogP contribution in [0.4, 0.5) is 0 Å². The molecule has 1 saturated heterocycles. The van der Waals surface area contributed by atoms with Crippen LogP contribution in [0.3, 0.4) is 0 Å². The number of nitrogens with zero attached hydrogens (tertiary/aromatic N) is 1. The van der Waals surface area contributed by atoms with E-state index in [-0.39, 0.29) is 29.8 Å². The SMILES string of the molecule is CCOC1CC(N)(C(=O)N2CCCC(CC)C2)C1(C)C.Cl.